The Bertz CT molecular complexity index is 457. The second kappa shape index (κ2) is 6.69. The number of nitrogens with one attached hydrogen (secondary N) is 1. The monoisotopic (exact) mass is 308 g/mol. The molecule has 0 unspecified atom stereocenters. The summed E-state index contributed by atoms with van der Waals surface area (Å²) in [4.78, 5) is 16.0. The average Bonchev–Trinajstić information content (AvgIpc) is 2.40. The quantitative estimate of drug-likeness (QED) is 0.683. The van der Waals surface area contributed by atoms with Crippen LogP contribution < -0.4 is 5.32 Å². The zero-order valence-corrected chi connectivity index (χ0v) is 11.9. The molecule has 1 aliphatic rings. The lowest BCUT2D eigenvalue weighted by Crippen LogP contribution is -2.25. The molecular formula is C14H17BrN2O. The number of allylic oxidation sites excluding steroid dienone is 1. The molecule has 0 spiro atoms. The molecule has 0 aliphatic heterocycles. The average molecular weight is 309 g/mol. The number of carbonyl (C=O) groups is 1. The normalized spacial score (nSPS) is 15.1. The summed E-state index contributed by atoms with van der Waals surface area (Å²) < 4.78 is 0.685. The molecule has 0 fully saturated rings. The van der Waals surface area contributed by atoms with Gasteiger partial charge < -0.3 is 5.32 Å². The number of amides is 1. The van der Waals surface area contributed by atoms with Crippen molar-refractivity contribution in [2.45, 2.75) is 32.1 Å². The van der Waals surface area contributed by atoms with E-state index in [0.717, 1.165) is 6.42 Å². The number of rotatable bonds is 4. The van der Waals surface area contributed by atoms with E-state index in [0.29, 0.717) is 16.8 Å². The van der Waals surface area contributed by atoms with E-state index in [-0.39, 0.29) is 5.91 Å². The van der Waals surface area contributed by atoms with Crippen molar-refractivity contribution in [2.24, 2.45) is 0 Å². The summed E-state index contributed by atoms with van der Waals surface area (Å²) >= 11 is 3.26. The number of halogens is 1. The smallest absolute Gasteiger partial charge is 0.269 e. The summed E-state index contributed by atoms with van der Waals surface area (Å²) in [6, 6.07) is 5.35. The number of hydrogen-bond donors (Lipinski definition) is 1. The lowest BCUT2D eigenvalue weighted by atomic mass is 9.97. The number of nitrogens with zero attached hydrogens (tertiary/aromatic N) is 1. The molecule has 4 heteroatoms. The van der Waals surface area contributed by atoms with Gasteiger partial charge in [0.1, 0.15) is 10.3 Å². The molecule has 2 rings (SSSR count). The number of hydrogen-bond acceptors (Lipinski definition) is 2. The summed E-state index contributed by atoms with van der Waals surface area (Å²) in [6.45, 7) is 0.693. The standard InChI is InChI=1S/C14H17BrN2O/c15-13-8-4-7-12(17-13)14(18)16-10-9-11-5-2-1-3-6-11/h4-5,7-8H,1-3,6,9-10H2,(H,16,18). The van der Waals surface area contributed by atoms with Gasteiger partial charge in [-0.15, -0.1) is 0 Å². The summed E-state index contributed by atoms with van der Waals surface area (Å²) in [5.74, 6) is -0.104. The van der Waals surface area contributed by atoms with Crippen LogP contribution in [0.5, 0.6) is 0 Å². The first-order valence-corrected chi connectivity index (χ1v) is 7.13. The fraction of sp³-hybridized carbons (Fsp3) is 0.429. The van der Waals surface area contributed by atoms with Gasteiger partial charge in [-0.25, -0.2) is 4.98 Å². The van der Waals surface area contributed by atoms with Crippen molar-refractivity contribution in [1.82, 2.24) is 10.3 Å². The van der Waals surface area contributed by atoms with Crippen LogP contribution in [0.25, 0.3) is 0 Å². The zero-order valence-electron chi connectivity index (χ0n) is 10.3. The molecule has 1 aromatic heterocycles. The van der Waals surface area contributed by atoms with E-state index < -0.39 is 0 Å². The van der Waals surface area contributed by atoms with E-state index >= 15 is 0 Å². The zero-order chi connectivity index (χ0) is 12.8. The van der Waals surface area contributed by atoms with Crippen LogP contribution in [0.4, 0.5) is 0 Å². The van der Waals surface area contributed by atoms with E-state index in [1.807, 2.05) is 12.1 Å². The van der Waals surface area contributed by atoms with Crippen LogP contribution in [0.1, 0.15) is 42.6 Å². The maximum atomic E-state index is 11.8. The number of carbonyl (C=O) groups excluding carboxylic acids is 1. The molecule has 1 amide bonds. The Morgan fingerprint density at radius 3 is 3.00 bits per heavy atom. The maximum absolute atomic E-state index is 11.8. The van der Waals surface area contributed by atoms with Gasteiger partial charge in [-0.05, 0) is 60.2 Å². The van der Waals surface area contributed by atoms with Crippen LogP contribution in [-0.2, 0) is 0 Å². The molecular weight excluding hydrogens is 292 g/mol. The fourth-order valence-electron chi connectivity index (χ4n) is 2.09. The van der Waals surface area contributed by atoms with Gasteiger partial charge in [-0.2, -0.15) is 0 Å². The van der Waals surface area contributed by atoms with E-state index in [1.54, 1.807) is 6.07 Å². The van der Waals surface area contributed by atoms with Crippen LogP contribution >= 0.6 is 15.9 Å². The first-order valence-electron chi connectivity index (χ1n) is 6.34. The molecule has 1 aliphatic carbocycles. The SMILES string of the molecule is O=C(NCCC1=CCCCC1)c1cccc(Br)n1. The fourth-order valence-corrected chi connectivity index (χ4v) is 2.44. The molecule has 0 saturated heterocycles. The summed E-state index contributed by atoms with van der Waals surface area (Å²) in [5.41, 5.74) is 1.94. The van der Waals surface area contributed by atoms with Gasteiger partial charge in [0.2, 0.25) is 0 Å². The maximum Gasteiger partial charge on any atom is 0.269 e. The van der Waals surface area contributed by atoms with E-state index in [2.05, 4.69) is 32.3 Å². The minimum absolute atomic E-state index is 0.104. The Kier molecular flexibility index (Phi) is 4.93. The van der Waals surface area contributed by atoms with Gasteiger partial charge in [-0.3, -0.25) is 4.79 Å². The van der Waals surface area contributed by atoms with E-state index in [4.69, 9.17) is 0 Å². The van der Waals surface area contributed by atoms with Crippen molar-refractivity contribution >= 4 is 21.8 Å². The molecule has 18 heavy (non-hydrogen) atoms. The third-order valence-electron chi connectivity index (χ3n) is 3.06. The van der Waals surface area contributed by atoms with Gasteiger partial charge in [0, 0.05) is 6.54 Å². The second-order valence-corrected chi connectivity index (χ2v) is 5.27. The van der Waals surface area contributed by atoms with Crippen LogP contribution in [0.2, 0.25) is 0 Å². The highest BCUT2D eigenvalue weighted by Crippen LogP contribution is 2.19. The Hall–Kier alpha value is -1.16. The minimum Gasteiger partial charge on any atom is -0.350 e. The largest absolute Gasteiger partial charge is 0.350 e. The van der Waals surface area contributed by atoms with Gasteiger partial charge >= 0.3 is 0 Å². The molecule has 0 bridgehead atoms. The lowest BCUT2D eigenvalue weighted by Gasteiger charge is -2.12. The molecule has 1 N–H and O–H groups in total. The van der Waals surface area contributed by atoms with Crippen LogP contribution in [0.15, 0.2) is 34.5 Å². The Labute approximate surface area is 116 Å². The Morgan fingerprint density at radius 1 is 1.39 bits per heavy atom. The highest BCUT2D eigenvalue weighted by atomic mass is 79.9. The Morgan fingerprint density at radius 2 is 2.28 bits per heavy atom. The topological polar surface area (TPSA) is 42.0 Å². The van der Waals surface area contributed by atoms with Crippen molar-refractivity contribution in [3.05, 3.63) is 40.1 Å². The molecule has 0 atom stereocenters. The van der Waals surface area contributed by atoms with Crippen molar-refractivity contribution in [1.29, 1.82) is 0 Å². The highest BCUT2D eigenvalue weighted by Gasteiger charge is 2.08. The molecule has 0 aromatic carbocycles. The highest BCUT2D eigenvalue weighted by molar-refractivity contribution is 9.10. The number of pyridine rings is 1. The van der Waals surface area contributed by atoms with Crippen LogP contribution in [-0.4, -0.2) is 17.4 Å². The first kappa shape index (κ1) is 13.3. The molecule has 3 nitrogen and oxygen atoms in total. The predicted molar refractivity (Wildman–Crippen MR) is 75.4 cm³/mol. The van der Waals surface area contributed by atoms with Crippen LogP contribution in [0.3, 0.4) is 0 Å². The van der Waals surface area contributed by atoms with E-state index in [1.165, 1.54) is 31.3 Å². The molecule has 0 saturated carbocycles. The van der Waals surface area contributed by atoms with Gasteiger partial charge in [-0.1, -0.05) is 17.7 Å². The van der Waals surface area contributed by atoms with Crippen molar-refractivity contribution in [3.63, 3.8) is 0 Å². The number of aromatic nitrogens is 1. The third-order valence-corrected chi connectivity index (χ3v) is 3.51. The predicted octanol–water partition coefficient (Wildman–Crippen LogP) is 3.46. The third kappa shape index (κ3) is 3.95. The summed E-state index contributed by atoms with van der Waals surface area (Å²) in [5, 5.41) is 2.91. The van der Waals surface area contributed by atoms with Crippen molar-refractivity contribution in [2.75, 3.05) is 6.54 Å². The molecule has 1 aromatic rings. The van der Waals surface area contributed by atoms with Gasteiger partial charge in [0.05, 0.1) is 0 Å². The van der Waals surface area contributed by atoms with E-state index in [9.17, 15) is 4.79 Å². The second-order valence-electron chi connectivity index (χ2n) is 4.46. The minimum atomic E-state index is -0.104. The summed E-state index contributed by atoms with van der Waals surface area (Å²) in [6.07, 6.45) is 8.24. The van der Waals surface area contributed by atoms with Crippen molar-refractivity contribution in [3.8, 4) is 0 Å². The van der Waals surface area contributed by atoms with Gasteiger partial charge in [0.25, 0.3) is 5.91 Å². The molecule has 96 valence electrons. The van der Waals surface area contributed by atoms with Gasteiger partial charge in [0.15, 0.2) is 0 Å². The Balaban J connectivity index is 1.79. The summed E-state index contributed by atoms with van der Waals surface area (Å²) in [7, 11) is 0. The lowest BCUT2D eigenvalue weighted by molar-refractivity contribution is 0.0949. The molecule has 0 radical (unpaired) electrons. The van der Waals surface area contributed by atoms with Crippen molar-refractivity contribution < 1.29 is 4.79 Å². The van der Waals surface area contributed by atoms with Crippen LogP contribution in [0, 0.1) is 0 Å². The molecule has 1 heterocycles. The first-order chi connectivity index (χ1) is 8.75.